The first kappa shape index (κ1) is 11.2. The Morgan fingerprint density at radius 1 is 1.64 bits per heavy atom. The van der Waals surface area contributed by atoms with Crippen LogP contribution >= 0.6 is 21.6 Å². The van der Waals surface area contributed by atoms with Crippen molar-refractivity contribution in [1.82, 2.24) is 0 Å². The number of rotatable bonds is 5. The van der Waals surface area contributed by atoms with Gasteiger partial charge in [0.25, 0.3) is 0 Å². The van der Waals surface area contributed by atoms with Gasteiger partial charge in [-0.05, 0) is 19.6 Å². The summed E-state index contributed by atoms with van der Waals surface area (Å²) in [4.78, 5) is 0. The van der Waals surface area contributed by atoms with Crippen LogP contribution < -0.4 is 0 Å². The summed E-state index contributed by atoms with van der Waals surface area (Å²) in [5.74, 6) is 0. The smallest absolute Gasteiger partial charge is 0.0622 e. The Hall–Kier alpha value is 0.150. The third-order valence-corrected chi connectivity index (χ3v) is 3.99. The molecule has 0 rings (SSSR count). The number of aliphatic hydroxyl groups excluding tert-OH is 1. The van der Waals surface area contributed by atoms with Gasteiger partial charge in [0, 0.05) is 11.2 Å². The van der Waals surface area contributed by atoms with E-state index in [2.05, 4.69) is 6.07 Å². The van der Waals surface area contributed by atoms with E-state index in [0.717, 1.165) is 6.42 Å². The molecule has 0 aliphatic carbocycles. The maximum absolute atomic E-state index is 9.00. The van der Waals surface area contributed by atoms with E-state index in [1.54, 1.807) is 21.6 Å². The molecule has 0 bridgehead atoms. The fourth-order valence-corrected chi connectivity index (χ4v) is 2.92. The van der Waals surface area contributed by atoms with Gasteiger partial charge in [-0.1, -0.05) is 21.6 Å². The van der Waals surface area contributed by atoms with Gasteiger partial charge in [0.1, 0.15) is 0 Å². The topological polar surface area (TPSA) is 44.0 Å². The minimum absolute atomic E-state index is 0.139. The molecule has 0 aliphatic rings. The van der Waals surface area contributed by atoms with E-state index in [4.69, 9.17) is 10.4 Å². The van der Waals surface area contributed by atoms with Gasteiger partial charge in [-0.25, -0.2) is 0 Å². The maximum Gasteiger partial charge on any atom is 0.0622 e. The van der Waals surface area contributed by atoms with E-state index in [9.17, 15) is 0 Å². The third kappa shape index (κ3) is 4.57. The van der Waals surface area contributed by atoms with Crippen molar-refractivity contribution in [2.75, 3.05) is 12.9 Å². The largest absolute Gasteiger partial charge is 0.395 e. The van der Waals surface area contributed by atoms with Gasteiger partial charge in [0.05, 0.1) is 12.7 Å². The van der Waals surface area contributed by atoms with E-state index >= 15 is 0 Å². The average Bonchev–Trinajstić information content (AvgIpc) is 2.02. The van der Waals surface area contributed by atoms with Gasteiger partial charge in [-0.2, -0.15) is 5.26 Å². The van der Waals surface area contributed by atoms with E-state index in [1.165, 1.54) is 0 Å². The molecule has 0 heterocycles. The lowest BCUT2D eigenvalue weighted by Crippen LogP contribution is -2.23. The first-order valence-electron chi connectivity index (χ1n) is 3.38. The first-order chi connectivity index (χ1) is 5.18. The highest BCUT2D eigenvalue weighted by atomic mass is 33.1. The standard InChI is InChI=1S/C7H13NOS2/c1-7(6-9,11-10-2)4-3-5-8/h9H,3-4,6H2,1-2H3. The summed E-state index contributed by atoms with van der Waals surface area (Å²) in [5, 5.41) is 17.3. The van der Waals surface area contributed by atoms with Crippen molar-refractivity contribution in [2.45, 2.75) is 24.5 Å². The highest BCUT2D eigenvalue weighted by Gasteiger charge is 2.23. The van der Waals surface area contributed by atoms with Crippen molar-refractivity contribution in [1.29, 1.82) is 5.26 Å². The molecule has 0 radical (unpaired) electrons. The number of hydrogen-bond donors (Lipinski definition) is 1. The minimum Gasteiger partial charge on any atom is -0.395 e. The molecule has 0 aromatic carbocycles. The molecular weight excluding hydrogens is 178 g/mol. The summed E-state index contributed by atoms with van der Waals surface area (Å²) in [7, 11) is 3.27. The molecule has 0 saturated heterocycles. The molecule has 2 nitrogen and oxygen atoms in total. The Morgan fingerprint density at radius 2 is 2.27 bits per heavy atom. The van der Waals surface area contributed by atoms with Crippen LogP contribution in [0.1, 0.15) is 19.8 Å². The molecule has 4 heteroatoms. The number of nitrogens with zero attached hydrogens (tertiary/aromatic N) is 1. The van der Waals surface area contributed by atoms with Crippen LogP contribution in [0.15, 0.2) is 0 Å². The van der Waals surface area contributed by atoms with Crippen molar-refractivity contribution in [3.05, 3.63) is 0 Å². The molecule has 1 N–H and O–H groups in total. The van der Waals surface area contributed by atoms with Crippen LogP contribution in [-0.2, 0) is 0 Å². The Labute approximate surface area is 75.8 Å². The van der Waals surface area contributed by atoms with Gasteiger partial charge in [-0.15, -0.1) is 0 Å². The number of hydrogen-bond acceptors (Lipinski definition) is 4. The fourth-order valence-electron chi connectivity index (χ4n) is 0.669. The van der Waals surface area contributed by atoms with Gasteiger partial charge in [0.15, 0.2) is 0 Å². The zero-order valence-corrected chi connectivity index (χ0v) is 8.47. The lowest BCUT2D eigenvalue weighted by molar-refractivity contribution is 0.251. The SMILES string of the molecule is CSSC(C)(CO)CCC#N. The Morgan fingerprint density at radius 3 is 2.64 bits per heavy atom. The van der Waals surface area contributed by atoms with Gasteiger partial charge < -0.3 is 5.11 Å². The van der Waals surface area contributed by atoms with E-state index in [0.29, 0.717) is 6.42 Å². The summed E-state index contributed by atoms with van der Waals surface area (Å²) in [6, 6.07) is 2.08. The van der Waals surface area contributed by atoms with Gasteiger partial charge >= 0.3 is 0 Å². The molecule has 0 aromatic rings. The van der Waals surface area contributed by atoms with Crippen LogP contribution in [0.4, 0.5) is 0 Å². The van der Waals surface area contributed by atoms with Crippen molar-refractivity contribution in [3.8, 4) is 6.07 Å². The molecular formula is C7H13NOS2. The van der Waals surface area contributed by atoms with Crippen molar-refractivity contribution < 1.29 is 5.11 Å². The molecule has 1 unspecified atom stereocenters. The normalized spacial score (nSPS) is 15.5. The van der Waals surface area contributed by atoms with Gasteiger partial charge in [-0.3, -0.25) is 0 Å². The summed E-state index contributed by atoms with van der Waals surface area (Å²) < 4.78 is -0.144. The van der Waals surface area contributed by atoms with Crippen molar-refractivity contribution >= 4 is 21.6 Å². The molecule has 0 aromatic heterocycles. The van der Waals surface area contributed by atoms with Crippen molar-refractivity contribution in [2.24, 2.45) is 0 Å². The molecule has 0 aliphatic heterocycles. The van der Waals surface area contributed by atoms with E-state index in [1.807, 2.05) is 13.2 Å². The quantitative estimate of drug-likeness (QED) is 0.675. The zero-order valence-electron chi connectivity index (χ0n) is 6.83. The fraction of sp³-hybridized carbons (Fsp3) is 0.857. The second-order valence-electron chi connectivity index (χ2n) is 2.52. The molecule has 1 atom stereocenters. The number of aliphatic hydroxyl groups is 1. The third-order valence-electron chi connectivity index (χ3n) is 1.38. The van der Waals surface area contributed by atoms with Crippen LogP contribution in [0.3, 0.4) is 0 Å². The molecule has 0 fully saturated rings. The van der Waals surface area contributed by atoms with Crippen LogP contribution in [0.2, 0.25) is 0 Å². The lowest BCUT2D eigenvalue weighted by atomic mass is 10.1. The van der Waals surface area contributed by atoms with Crippen LogP contribution in [-0.4, -0.2) is 22.7 Å². The minimum atomic E-state index is -0.144. The van der Waals surface area contributed by atoms with E-state index < -0.39 is 0 Å². The Bertz CT molecular complexity index is 146. The average molecular weight is 191 g/mol. The highest BCUT2D eigenvalue weighted by Crippen LogP contribution is 2.36. The van der Waals surface area contributed by atoms with Crippen LogP contribution in [0.25, 0.3) is 0 Å². The monoisotopic (exact) mass is 191 g/mol. The first-order valence-corrected chi connectivity index (χ1v) is 5.94. The highest BCUT2D eigenvalue weighted by molar-refractivity contribution is 8.77. The molecule has 11 heavy (non-hydrogen) atoms. The Kier molecular flexibility index (Phi) is 5.83. The molecule has 0 spiro atoms. The summed E-state index contributed by atoms with van der Waals surface area (Å²) in [6.45, 7) is 2.12. The number of nitriles is 1. The van der Waals surface area contributed by atoms with Crippen LogP contribution in [0, 0.1) is 11.3 Å². The zero-order chi connectivity index (χ0) is 8.74. The van der Waals surface area contributed by atoms with Crippen LogP contribution in [0.5, 0.6) is 0 Å². The summed E-state index contributed by atoms with van der Waals surface area (Å²) >= 11 is 0. The predicted molar refractivity (Wildman–Crippen MR) is 51.4 cm³/mol. The summed E-state index contributed by atoms with van der Waals surface area (Å²) in [5.41, 5.74) is 0. The maximum atomic E-state index is 9.00. The predicted octanol–water partition coefficient (Wildman–Crippen LogP) is 2.05. The lowest BCUT2D eigenvalue weighted by Gasteiger charge is -2.23. The van der Waals surface area contributed by atoms with E-state index in [-0.39, 0.29) is 11.4 Å². The second kappa shape index (κ2) is 5.76. The Balaban J connectivity index is 3.79. The molecule has 0 amide bonds. The van der Waals surface area contributed by atoms with Crippen molar-refractivity contribution in [3.63, 3.8) is 0 Å². The summed E-state index contributed by atoms with van der Waals surface area (Å²) in [6.07, 6.45) is 3.25. The second-order valence-corrected chi connectivity index (χ2v) is 5.50. The van der Waals surface area contributed by atoms with Gasteiger partial charge in [0.2, 0.25) is 0 Å². The molecule has 64 valence electrons. The molecule has 0 saturated carbocycles.